The quantitative estimate of drug-likeness (QED) is 0.590. The predicted molar refractivity (Wildman–Crippen MR) is 125 cm³/mol. The molecule has 0 saturated carbocycles. The first-order valence-corrected chi connectivity index (χ1v) is 10.7. The van der Waals surface area contributed by atoms with E-state index in [1.165, 1.54) is 5.69 Å². The standard InChI is InChI=1S/C25H28N4O3/c1-28-15-5-9-22(28)23-10-6-16-29(23)17-24(30)27-21-8-4-3-7-20(21)25(31)26-18-11-13-19(32-2)14-12-18/h3-5,7-9,11-15,23H,6,10,16-17H2,1-2H3,(H,26,31)(H,27,30)/t23-/m0/s1. The molecule has 166 valence electrons. The minimum absolute atomic E-state index is 0.129. The predicted octanol–water partition coefficient (Wildman–Crippen LogP) is 4.06. The minimum Gasteiger partial charge on any atom is -0.497 e. The van der Waals surface area contributed by atoms with E-state index in [0.717, 1.165) is 19.4 Å². The summed E-state index contributed by atoms with van der Waals surface area (Å²) in [6.45, 7) is 1.16. The highest BCUT2D eigenvalue weighted by molar-refractivity contribution is 6.10. The van der Waals surface area contributed by atoms with Crippen molar-refractivity contribution in [1.29, 1.82) is 0 Å². The lowest BCUT2D eigenvalue weighted by molar-refractivity contribution is -0.117. The summed E-state index contributed by atoms with van der Waals surface area (Å²) < 4.78 is 7.26. The van der Waals surface area contributed by atoms with Crippen LogP contribution in [0.1, 0.15) is 34.9 Å². The number of benzene rings is 2. The van der Waals surface area contributed by atoms with Crippen molar-refractivity contribution in [1.82, 2.24) is 9.47 Å². The van der Waals surface area contributed by atoms with Crippen molar-refractivity contribution >= 4 is 23.2 Å². The van der Waals surface area contributed by atoms with Crippen LogP contribution >= 0.6 is 0 Å². The van der Waals surface area contributed by atoms with E-state index in [4.69, 9.17) is 4.74 Å². The number of carbonyl (C=O) groups excluding carboxylic acids is 2. The molecule has 0 radical (unpaired) electrons. The van der Waals surface area contributed by atoms with E-state index in [1.54, 1.807) is 49.6 Å². The molecule has 2 amide bonds. The van der Waals surface area contributed by atoms with Crippen LogP contribution in [0.2, 0.25) is 0 Å². The number of para-hydroxylation sites is 1. The molecule has 1 aliphatic rings. The Balaban J connectivity index is 1.42. The molecular weight excluding hydrogens is 404 g/mol. The summed E-state index contributed by atoms with van der Waals surface area (Å²) in [6, 6.07) is 18.5. The van der Waals surface area contributed by atoms with Crippen molar-refractivity contribution in [2.75, 3.05) is 30.8 Å². The molecule has 2 heterocycles. The summed E-state index contributed by atoms with van der Waals surface area (Å²) in [5.74, 6) is 0.302. The topological polar surface area (TPSA) is 75.6 Å². The molecule has 2 N–H and O–H groups in total. The Bertz CT molecular complexity index is 1090. The summed E-state index contributed by atoms with van der Waals surface area (Å²) in [7, 11) is 3.63. The van der Waals surface area contributed by atoms with Gasteiger partial charge in [0.25, 0.3) is 5.91 Å². The largest absolute Gasteiger partial charge is 0.497 e. The van der Waals surface area contributed by atoms with E-state index in [9.17, 15) is 9.59 Å². The SMILES string of the molecule is COc1ccc(NC(=O)c2ccccc2NC(=O)CN2CCC[C@H]2c2cccn2C)cc1. The summed E-state index contributed by atoms with van der Waals surface area (Å²) in [4.78, 5) is 27.9. The zero-order chi connectivity index (χ0) is 22.5. The third kappa shape index (κ3) is 4.84. The summed E-state index contributed by atoms with van der Waals surface area (Å²) in [5.41, 5.74) is 2.78. The lowest BCUT2D eigenvalue weighted by Crippen LogP contribution is -2.34. The summed E-state index contributed by atoms with van der Waals surface area (Å²) in [6.07, 6.45) is 4.12. The zero-order valence-electron chi connectivity index (χ0n) is 18.4. The van der Waals surface area contributed by atoms with Crippen LogP contribution in [-0.4, -0.2) is 41.5 Å². The van der Waals surface area contributed by atoms with E-state index in [1.807, 2.05) is 25.4 Å². The van der Waals surface area contributed by atoms with Crippen LogP contribution in [0.5, 0.6) is 5.75 Å². The van der Waals surface area contributed by atoms with Gasteiger partial charge in [0.2, 0.25) is 5.91 Å². The Morgan fingerprint density at radius 2 is 1.81 bits per heavy atom. The van der Waals surface area contributed by atoms with Gasteiger partial charge in [-0.3, -0.25) is 14.5 Å². The molecule has 3 aromatic rings. The second kappa shape index (κ2) is 9.70. The molecule has 1 atom stereocenters. The third-order valence-electron chi connectivity index (χ3n) is 5.83. The van der Waals surface area contributed by atoms with E-state index < -0.39 is 0 Å². The van der Waals surface area contributed by atoms with Crippen molar-refractivity contribution in [2.24, 2.45) is 7.05 Å². The van der Waals surface area contributed by atoms with Crippen molar-refractivity contribution in [3.05, 3.63) is 78.1 Å². The van der Waals surface area contributed by atoms with E-state index in [2.05, 4.69) is 26.2 Å². The summed E-state index contributed by atoms with van der Waals surface area (Å²) >= 11 is 0. The zero-order valence-corrected chi connectivity index (χ0v) is 18.4. The van der Waals surface area contributed by atoms with Crippen LogP contribution in [0.3, 0.4) is 0 Å². The number of hydrogen-bond donors (Lipinski definition) is 2. The molecule has 4 rings (SSSR count). The highest BCUT2D eigenvalue weighted by Gasteiger charge is 2.29. The van der Waals surface area contributed by atoms with E-state index in [0.29, 0.717) is 22.7 Å². The average molecular weight is 433 g/mol. The van der Waals surface area contributed by atoms with E-state index >= 15 is 0 Å². The van der Waals surface area contributed by atoms with Crippen molar-refractivity contribution in [2.45, 2.75) is 18.9 Å². The van der Waals surface area contributed by atoms with Crippen LogP contribution in [0, 0.1) is 0 Å². The first kappa shape index (κ1) is 21.6. The Labute approximate surface area is 188 Å². The molecule has 1 aliphatic heterocycles. The van der Waals surface area contributed by atoms with Gasteiger partial charge in [-0.15, -0.1) is 0 Å². The molecule has 0 bridgehead atoms. The number of methoxy groups -OCH3 is 1. The minimum atomic E-state index is -0.283. The lowest BCUT2D eigenvalue weighted by atomic mass is 10.1. The number of ether oxygens (including phenoxy) is 1. The first-order chi connectivity index (χ1) is 15.5. The maximum absolute atomic E-state index is 12.9. The Kier molecular flexibility index (Phi) is 6.56. The van der Waals surface area contributed by atoms with Gasteiger partial charge in [0.05, 0.1) is 30.9 Å². The number of rotatable bonds is 7. The van der Waals surface area contributed by atoms with Crippen LogP contribution in [0.25, 0.3) is 0 Å². The van der Waals surface area contributed by atoms with Gasteiger partial charge >= 0.3 is 0 Å². The van der Waals surface area contributed by atoms with Crippen molar-refractivity contribution in [3.8, 4) is 5.75 Å². The smallest absolute Gasteiger partial charge is 0.257 e. The molecule has 7 heteroatoms. The number of aryl methyl sites for hydroxylation is 1. The molecule has 1 aromatic heterocycles. The number of likely N-dealkylation sites (tertiary alicyclic amines) is 1. The monoisotopic (exact) mass is 432 g/mol. The number of carbonyl (C=O) groups is 2. The van der Waals surface area contributed by atoms with Crippen LogP contribution in [-0.2, 0) is 11.8 Å². The Morgan fingerprint density at radius 1 is 1.03 bits per heavy atom. The fourth-order valence-corrected chi connectivity index (χ4v) is 4.21. The van der Waals surface area contributed by atoms with Gasteiger partial charge in [0.15, 0.2) is 0 Å². The fraction of sp³-hybridized carbons (Fsp3) is 0.280. The molecule has 1 saturated heterocycles. The number of nitrogens with one attached hydrogen (secondary N) is 2. The van der Waals surface area contributed by atoms with Crippen molar-refractivity contribution in [3.63, 3.8) is 0 Å². The normalized spacial score (nSPS) is 16.0. The second-order valence-electron chi connectivity index (χ2n) is 7.95. The maximum Gasteiger partial charge on any atom is 0.257 e. The fourth-order valence-electron chi connectivity index (χ4n) is 4.21. The molecular formula is C25H28N4O3. The third-order valence-corrected chi connectivity index (χ3v) is 5.83. The Hall–Kier alpha value is -3.58. The van der Waals surface area contributed by atoms with Gasteiger partial charge in [-0.2, -0.15) is 0 Å². The van der Waals surface area contributed by atoms with Gasteiger partial charge in [-0.25, -0.2) is 0 Å². The molecule has 1 fully saturated rings. The molecule has 7 nitrogen and oxygen atoms in total. The van der Waals surface area contributed by atoms with Crippen molar-refractivity contribution < 1.29 is 14.3 Å². The van der Waals surface area contributed by atoms with Crippen LogP contribution in [0.4, 0.5) is 11.4 Å². The Morgan fingerprint density at radius 3 is 2.53 bits per heavy atom. The molecule has 2 aromatic carbocycles. The van der Waals surface area contributed by atoms with Gasteiger partial charge in [-0.1, -0.05) is 12.1 Å². The highest BCUT2D eigenvalue weighted by Crippen LogP contribution is 2.31. The number of aromatic nitrogens is 1. The lowest BCUT2D eigenvalue weighted by Gasteiger charge is -2.24. The summed E-state index contributed by atoms with van der Waals surface area (Å²) in [5, 5.41) is 5.80. The second-order valence-corrected chi connectivity index (χ2v) is 7.95. The number of anilines is 2. The van der Waals surface area contributed by atoms with Crippen LogP contribution < -0.4 is 15.4 Å². The molecule has 0 spiro atoms. The molecule has 32 heavy (non-hydrogen) atoms. The van der Waals surface area contributed by atoms with Crippen LogP contribution in [0.15, 0.2) is 66.9 Å². The van der Waals surface area contributed by atoms with Gasteiger partial charge in [-0.05, 0) is 67.9 Å². The van der Waals surface area contributed by atoms with Gasteiger partial charge in [0.1, 0.15) is 5.75 Å². The number of nitrogens with zero attached hydrogens (tertiary/aromatic N) is 2. The molecule has 0 aliphatic carbocycles. The highest BCUT2D eigenvalue weighted by atomic mass is 16.5. The number of hydrogen-bond acceptors (Lipinski definition) is 4. The van der Waals surface area contributed by atoms with Gasteiger partial charge < -0.3 is 19.9 Å². The van der Waals surface area contributed by atoms with Gasteiger partial charge in [0, 0.05) is 24.6 Å². The average Bonchev–Trinajstić information content (AvgIpc) is 3.42. The number of amides is 2. The maximum atomic E-state index is 12.9. The first-order valence-electron chi connectivity index (χ1n) is 10.7. The molecule has 0 unspecified atom stereocenters. The van der Waals surface area contributed by atoms with E-state index in [-0.39, 0.29) is 24.4 Å².